The summed E-state index contributed by atoms with van der Waals surface area (Å²) in [5.41, 5.74) is 3.45. The summed E-state index contributed by atoms with van der Waals surface area (Å²) in [6.45, 7) is 3.97. The molecule has 6 nitrogen and oxygen atoms in total. The van der Waals surface area contributed by atoms with Crippen LogP contribution in [0.5, 0.6) is 0 Å². The highest BCUT2D eigenvalue weighted by molar-refractivity contribution is 7.88. The number of aromatic nitrogens is 1. The van der Waals surface area contributed by atoms with E-state index in [2.05, 4.69) is 15.0 Å². The summed E-state index contributed by atoms with van der Waals surface area (Å²) in [5, 5.41) is 9.76. The summed E-state index contributed by atoms with van der Waals surface area (Å²) in [7, 11) is -3.35. The van der Waals surface area contributed by atoms with E-state index in [1.807, 2.05) is 34.3 Å². The molecule has 0 atom stereocenters. The van der Waals surface area contributed by atoms with Crippen LogP contribution in [0.25, 0.3) is 10.6 Å². The van der Waals surface area contributed by atoms with E-state index in [0.29, 0.717) is 12.1 Å². The molecular formula is C20H23N3O3S3. The van der Waals surface area contributed by atoms with E-state index in [1.54, 1.807) is 37.3 Å². The van der Waals surface area contributed by atoms with Crippen LogP contribution in [0.2, 0.25) is 0 Å². The van der Waals surface area contributed by atoms with Gasteiger partial charge in [-0.05, 0) is 36.4 Å². The molecule has 0 spiro atoms. The van der Waals surface area contributed by atoms with Gasteiger partial charge in [-0.3, -0.25) is 4.79 Å². The Kier molecular flexibility index (Phi) is 7.18. The Morgan fingerprint density at radius 1 is 1.10 bits per heavy atom. The highest BCUT2D eigenvalue weighted by Gasteiger charge is 2.13. The Hall–Kier alpha value is -2.07. The van der Waals surface area contributed by atoms with Gasteiger partial charge in [-0.15, -0.1) is 11.3 Å². The highest BCUT2D eigenvalue weighted by atomic mass is 32.2. The van der Waals surface area contributed by atoms with Crippen LogP contribution >= 0.6 is 22.7 Å². The van der Waals surface area contributed by atoms with Crippen molar-refractivity contribution in [1.29, 1.82) is 0 Å². The van der Waals surface area contributed by atoms with Crippen LogP contribution in [0.4, 0.5) is 0 Å². The van der Waals surface area contributed by atoms with Gasteiger partial charge in [0.05, 0.1) is 17.9 Å². The van der Waals surface area contributed by atoms with E-state index < -0.39 is 10.0 Å². The van der Waals surface area contributed by atoms with E-state index >= 15 is 0 Å². The van der Waals surface area contributed by atoms with Crippen LogP contribution in [0.3, 0.4) is 0 Å². The Bertz CT molecular complexity index is 1040. The van der Waals surface area contributed by atoms with Gasteiger partial charge in [-0.2, -0.15) is 11.3 Å². The van der Waals surface area contributed by atoms with Gasteiger partial charge in [0, 0.05) is 28.9 Å². The molecule has 3 rings (SSSR count). The topological polar surface area (TPSA) is 88.2 Å². The average molecular weight is 450 g/mol. The molecule has 0 fully saturated rings. The predicted octanol–water partition coefficient (Wildman–Crippen LogP) is 3.56. The maximum atomic E-state index is 12.2. The fourth-order valence-electron chi connectivity index (χ4n) is 2.71. The van der Waals surface area contributed by atoms with Crippen molar-refractivity contribution < 1.29 is 13.2 Å². The zero-order valence-corrected chi connectivity index (χ0v) is 18.7. The Labute approximate surface area is 179 Å². The van der Waals surface area contributed by atoms with Crippen LogP contribution < -0.4 is 10.0 Å². The maximum Gasteiger partial charge on any atom is 0.226 e. The molecule has 0 unspecified atom stereocenters. The quantitative estimate of drug-likeness (QED) is 0.523. The molecule has 2 N–H and O–H groups in total. The number of thiazole rings is 1. The third-order valence-electron chi connectivity index (χ3n) is 3.95. The summed E-state index contributed by atoms with van der Waals surface area (Å²) < 4.78 is 26.5. The van der Waals surface area contributed by atoms with Crippen molar-refractivity contribution in [3.8, 4) is 10.6 Å². The van der Waals surface area contributed by atoms with Gasteiger partial charge < -0.3 is 5.32 Å². The summed E-state index contributed by atoms with van der Waals surface area (Å²) in [5.74, 6) is -0.159. The van der Waals surface area contributed by atoms with E-state index in [1.165, 1.54) is 11.3 Å². The van der Waals surface area contributed by atoms with Gasteiger partial charge in [0.1, 0.15) is 5.01 Å². The number of hydrogen-bond acceptors (Lipinski definition) is 6. The minimum atomic E-state index is -3.35. The SMILES string of the molecule is CC(C)NS(=O)(=O)Cc1ccc(CNC(=O)Cc2csc(-c3ccsc3)n2)cc1. The Balaban J connectivity index is 1.49. The molecule has 0 aliphatic rings. The molecule has 0 radical (unpaired) electrons. The highest BCUT2D eigenvalue weighted by Crippen LogP contribution is 2.25. The first-order valence-electron chi connectivity index (χ1n) is 9.12. The number of carbonyl (C=O) groups is 1. The number of rotatable bonds is 9. The lowest BCUT2D eigenvalue weighted by molar-refractivity contribution is -0.120. The van der Waals surface area contributed by atoms with Crippen molar-refractivity contribution in [2.75, 3.05) is 0 Å². The second-order valence-electron chi connectivity index (χ2n) is 6.96. The lowest BCUT2D eigenvalue weighted by atomic mass is 10.1. The third-order valence-corrected chi connectivity index (χ3v) is 7.11. The van der Waals surface area contributed by atoms with Crippen LogP contribution in [0.1, 0.15) is 30.7 Å². The van der Waals surface area contributed by atoms with Crippen molar-refractivity contribution in [1.82, 2.24) is 15.0 Å². The number of amides is 1. The summed E-state index contributed by atoms with van der Waals surface area (Å²) in [4.78, 5) is 16.7. The minimum Gasteiger partial charge on any atom is -0.352 e. The number of benzene rings is 1. The third kappa shape index (κ3) is 6.74. The zero-order chi connectivity index (χ0) is 20.9. The molecule has 3 aromatic rings. The molecule has 0 bridgehead atoms. The first-order valence-corrected chi connectivity index (χ1v) is 12.6. The first-order chi connectivity index (χ1) is 13.8. The summed E-state index contributed by atoms with van der Waals surface area (Å²) >= 11 is 3.15. The summed E-state index contributed by atoms with van der Waals surface area (Å²) in [6, 6.07) is 9.09. The van der Waals surface area contributed by atoms with Gasteiger partial charge in [0.15, 0.2) is 0 Å². The number of carbonyl (C=O) groups excluding carboxylic acids is 1. The molecule has 0 aliphatic carbocycles. The normalized spacial score (nSPS) is 11.7. The Morgan fingerprint density at radius 2 is 1.83 bits per heavy atom. The lowest BCUT2D eigenvalue weighted by Gasteiger charge is -2.10. The molecule has 2 aromatic heterocycles. The lowest BCUT2D eigenvalue weighted by Crippen LogP contribution is -2.31. The molecule has 2 heterocycles. The van der Waals surface area contributed by atoms with Crippen LogP contribution in [-0.2, 0) is 33.5 Å². The predicted molar refractivity (Wildman–Crippen MR) is 118 cm³/mol. The fourth-order valence-corrected chi connectivity index (χ4v) is 5.67. The number of nitrogens with zero attached hydrogens (tertiary/aromatic N) is 1. The standard InChI is InChI=1S/C20H23N3O3S3/c1-14(2)23-29(25,26)13-16-5-3-15(4-6-16)10-21-19(24)9-18-12-28-20(22-18)17-7-8-27-11-17/h3-8,11-12,14,23H,9-10,13H2,1-2H3,(H,21,24). The number of nitrogens with one attached hydrogen (secondary N) is 2. The van der Waals surface area contributed by atoms with Crippen LogP contribution in [-0.4, -0.2) is 25.4 Å². The van der Waals surface area contributed by atoms with Crippen molar-refractivity contribution in [2.45, 2.75) is 38.6 Å². The number of sulfonamides is 1. The molecular weight excluding hydrogens is 426 g/mol. The first kappa shape index (κ1) is 21.6. The van der Waals surface area contributed by atoms with Crippen molar-refractivity contribution in [3.05, 3.63) is 63.3 Å². The smallest absolute Gasteiger partial charge is 0.226 e. The fraction of sp³-hybridized carbons (Fsp3) is 0.300. The monoisotopic (exact) mass is 449 g/mol. The second-order valence-corrected chi connectivity index (χ2v) is 10.3. The van der Waals surface area contributed by atoms with Gasteiger partial charge in [-0.25, -0.2) is 18.1 Å². The molecule has 0 aliphatic heterocycles. The molecule has 154 valence electrons. The van der Waals surface area contributed by atoms with Crippen LogP contribution in [0, 0.1) is 0 Å². The number of thiophene rings is 1. The average Bonchev–Trinajstić information content (AvgIpc) is 3.31. The van der Waals surface area contributed by atoms with E-state index in [4.69, 9.17) is 0 Å². The number of hydrogen-bond donors (Lipinski definition) is 2. The van der Waals surface area contributed by atoms with Gasteiger partial charge in [0.2, 0.25) is 15.9 Å². The van der Waals surface area contributed by atoms with Crippen LogP contribution in [0.15, 0.2) is 46.5 Å². The molecule has 1 amide bonds. The van der Waals surface area contributed by atoms with E-state index in [-0.39, 0.29) is 24.1 Å². The minimum absolute atomic E-state index is 0.0614. The largest absolute Gasteiger partial charge is 0.352 e. The molecule has 29 heavy (non-hydrogen) atoms. The van der Waals surface area contributed by atoms with Gasteiger partial charge in [0.25, 0.3) is 0 Å². The van der Waals surface area contributed by atoms with Crippen molar-refractivity contribution >= 4 is 38.6 Å². The van der Waals surface area contributed by atoms with E-state index in [9.17, 15) is 13.2 Å². The zero-order valence-electron chi connectivity index (χ0n) is 16.2. The second kappa shape index (κ2) is 9.62. The molecule has 9 heteroatoms. The van der Waals surface area contributed by atoms with Crippen molar-refractivity contribution in [3.63, 3.8) is 0 Å². The van der Waals surface area contributed by atoms with Gasteiger partial charge >= 0.3 is 0 Å². The van der Waals surface area contributed by atoms with E-state index in [0.717, 1.165) is 21.8 Å². The molecule has 1 aromatic carbocycles. The van der Waals surface area contributed by atoms with Crippen molar-refractivity contribution in [2.24, 2.45) is 0 Å². The van der Waals surface area contributed by atoms with Gasteiger partial charge in [-0.1, -0.05) is 24.3 Å². The molecule has 0 saturated heterocycles. The summed E-state index contributed by atoms with van der Waals surface area (Å²) in [6.07, 6.45) is 0.234. The Morgan fingerprint density at radius 3 is 2.48 bits per heavy atom. The maximum absolute atomic E-state index is 12.2. The molecule has 0 saturated carbocycles.